The lowest BCUT2D eigenvalue weighted by Gasteiger charge is -2.11. The predicted molar refractivity (Wildman–Crippen MR) is 83.1 cm³/mol. The number of pyridine rings is 1. The van der Waals surface area contributed by atoms with Crippen molar-refractivity contribution in [2.75, 3.05) is 11.9 Å². The van der Waals surface area contributed by atoms with Crippen LogP contribution in [0.15, 0.2) is 53.5 Å². The van der Waals surface area contributed by atoms with Gasteiger partial charge >= 0.3 is 0 Å². The summed E-state index contributed by atoms with van der Waals surface area (Å²) in [6.07, 6.45) is 1.71. The first-order valence-electron chi connectivity index (χ1n) is 6.86. The summed E-state index contributed by atoms with van der Waals surface area (Å²) in [5.41, 5.74) is 6.53. The molecule has 0 saturated heterocycles. The van der Waals surface area contributed by atoms with E-state index in [1.165, 1.54) is 0 Å². The molecule has 2 rings (SSSR count). The third-order valence-electron chi connectivity index (χ3n) is 3.27. The van der Waals surface area contributed by atoms with Gasteiger partial charge in [0.1, 0.15) is 5.69 Å². The fraction of sp³-hybridized carbons (Fsp3) is 0.250. The summed E-state index contributed by atoms with van der Waals surface area (Å²) in [5, 5.41) is 2.63. The fourth-order valence-corrected chi connectivity index (χ4v) is 1.90. The van der Waals surface area contributed by atoms with Crippen LogP contribution in [0.25, 0.3) is 0 Å². The van der Waals surface area contributed by atoms with Crippen molar-refractivity contribution >= 4 is 11.6 Å². The van der Waals surface area contributed by atoms with Crippen LogP contribution in [-0.4, -0.2) is 17.0 Å². The second-order valence-electron chi connectivity index (χ2n) is 4.97. The van der Waals surface area contributed by atoms with Gasteiger partial charge in [-0.1, -0.05) is 37.3 Å². The summed E-state index contributed by atoms with van der Waals surface area (Å²) in [7, 11) is 0. The summed E-state index contributed by atoms with van der Waals surface area (Å²) in [6, 6.07) is 13.0. The van der Waals surface area contributed by atoms with E-state index in [1.807, 2.05) is 30.3 Å². The van der Waals surface area contributed by atoms with Gasteiger partial charge in [-0.25, -0.2) is 0 Å². The molecule has 1 atom stereocenters. The zero-order valence-corrected chi connectivity index (χ0v) is 12.0. The minimum Gasteiger partial charge on any atom is -0.330 e. The zero-order chi connectivity index (χ0) is 15.2. The number of carbonyl (C=O) groups excluding carboxylic acids is 1. The van der Waals surface area contributed by atoms with Gasteiger partial charge < -0.3 is 15.6 Å². The molecule has 1 amide bonds. The van der Waals surface area contributed by atoms with Gasteiger partial charge in [0.2, 0.25) is 5.91 Å². The molecule has 0 saturated carbocycles. The lowest BCUT2D eigenvalue weighted by atomic mass is 10.1. The number of aromatic nitrogens is 1. The molecule has 21 heavy (non-hydrogen) atoms. The summed E-state index contributed by atoms with van der Waals surface area (Å²) in [6.45, 7) is 2.44. The van der Waals surface area contributed by atoms with Gasteiger partial charge in [-0.3, -0.25) is 9.59 Å². The second-order valence-corrected chi connectivity index (χ2v) is 4.97. The van der Waals surface area contributed by atoms with Crippen LogP contribution in [-0.2, 0) is 11.3 Å². The van der Waals surface area contributed by atoms with E-state index in [-0.39, 0.29) is 29.6 Å². The smallest absolute Gasteiger partial charge is 0.274 e. The van der Waals surface area contributed by atoms with Gasteiger partial charge in [0.15, 0.2) is 0 Å². The first-order valence-corrected chi connectivity index (χ1v) is 6.86. The van der Waals surface area contributed by atoms with Crippen LogP contribution >= 0.6 is 0 Å². The van der Waals surface area contributed by atoms with Crippen molar-refractivity contribution in [3.8, 4) is 0 Å². The van der Waals surface area contributed by atoms with Gasteiger partial charge in [-0.15, -0.1) is 0 Å². The number of amides is 1. The highest BCUT2D eigenvalue weighted by Crippen LogP contribution is 2.05. The average molecular weight is 285 g/mol. The van der Waals surface area contributed by atoms with Crippen LogP contribution in [0.2, 0.25) is 0 Å². The molecule has 0 radical (unpaired) electrons. The lowest BCUT2D eigenvalue weighted by Crippen LogP contribution is -2.31. The number of nitrogens with one attached hydrogen (secondary N) is 1. The van der Waals surface area contributed by atoms with Gasteiger partial charge in [0.05, 0.1) is 6.54 Å². The monoisotopic (exact) mass is 285 g/mol. The highest BCUT2D eigenvalue weighted by atomic mass is 16.2. The molecular formula is C16H19N3O2. The standard InChI is InChI=1S/C16H19N3O2/c1-12(10-17)15(20)18-14-8-5-9-19(16(14)21)11-13-6-3-2-4-7-13/h2-9,12H,10-11,17H2,1H3,(H,18,20). The van der Waals surface area contributed by atoms with Crippen molar-refractivity contribution in [1.82, 2.24) is 4.57 Å². The van der Waals surface area contributed by atoms with Crippen LogP contribution in [0.1, 0.15) is 12.5 Å². The number of carbonyl (C=O) groups is 1. The number of benzene rings is 1. The van der Waals surface area contributed by atoms with E-state index in [2.05, 4.69) is 5.32 Å². The molecule has 0 aliphatic rings. The van der Waals surface area contributed by atoms with E-state index in [9.17, 15) is 9.59 Å². The summed E-state index contributed by atoms with van der Waals surface area (Å²) in [5.74, 6) is -0.570. The molecule has 0 aliphatic carbocycles. The van der Waals surface area contributed by atoms with Gasteiger partial charge in [-0.05, 0) is 17.7 Å². The Bertz CT molecular complexity index is 665. The Balaban J connectivity index is 2.20. The van der Waals surface area contributed by atoms with E-state index in [1.54, 1.807) is 29.8 Å². The Kier molecular flexibility index (Phi) is 4.90. The Hall–Kier alpha value is -2.40. The zero-order valence-electron chi connectivity index (χ0n) is 12.0. The summed E-state index contributed by atoms with van der Waals surface area (Å²) >= 11 is 0. The maximum Gasteiger partial charge on any atom is 0.274 e. The van der Waals surface area contributed by atoms with Crippen molar-refractivity contribution in [3.63, 3.8) is 0 Å². The average Bonchev–Trinajstić information content (AvgIpc) is 2.51. The molecule has 0 fully saturated rings. The molecule has 0 bridgehead atoms. The number of nitrogens with zero attached hydrogens (tertiary/aromatic N) is 1. The predicted octanol–water partition coefficient (Wildman–Crippen LogP) is 1.43. The van der Waals surface area contributed by atoms with Gasteiger partial charge in [-0.2, -0.15) is 0 Å². The largest absolute Gasteiger partial charge is 0.330 e. The molecule has 1 heterocycles. The van der Waals surface area contributed by atoms with Crippen molar-refractivity contribution in [2.24, 2.45) is 11.7 Å². The highest BCUT2D eigenvalue weighted by molar-refractivity contribution is 5.92. The van der Waals surface area contributed by atoms with Crippen molar-refractivity contribution in [3.05, 3.63) is 64.6 Å². The lowest BCUT2D eigenvalue weighted by molar-refractivity contribution is -0.119. The number of hydrogen-bond donors (Lipinski definition) is 2. The summed E-state index contributed by atoms with van der Waals surface area (Å²) in [4.78, 5) is 24.2. The van der Waals surface area contributed by atoms with Gasteiger partial charge in [0, 0.05) is 18.7 Å². The number of anilines is 1. The van der Waals surface area contributed by atoms with Crippen LogP contribution < -0.4 is 16.6 Å². The number of hydrogen-bond acceptors (Lipinski definition) is 3. The Morgan fingerprint density at radius 1 is 1.24 bits per heavy atom. The van der Waals surface area contributed by atoms with Crippen molar-refractivity contribution < 1.29 is 4.79 Å². The van der Waals surface area contributed by atoms with Crippen LogP contribution in [0.4, 0.5) is 5.69 Å². The number of nitrogens with two attached hydrogens (primary N) is 1. The molecule has 2 aromatic rings. The van der Waals surface area contributed by atoms with E-state index in [4.69, 9.17) is 5.73 Å². The molecular weight excluding hydrogens is 266 g/mol. The van der Waals surface area contributed by atoms with Crippen LogP contribution in [0.3, 0.4) is 0 Å². The minimum atomic E-state index is -0.327. The molecule has 0 aliphatic heterocycles. The normalized spacial score (nSPS) is 11.9. The maximum atomic E-state index is 12.3. The minimum absolute atomic E-state index is 0.223. The Morgan fingerprint density at radius 3 is 2.62 bits per heavy atom. The summed E-state index contributed by atoms with van der Waals surface area (Å²) < 4.78 is 1.57. The molecule has 3 N–H and O–H groups in total. The van der Waals surface area contributed by atoms with Crippen LogP contribution in [0.5, 0.6) is 0 Å². The molecule has 0 spiro atoms. The molecule has 5 heteroatoms. The molecule has 1 aromatic heterocycles. The van der Waals surface area contributed by atoms with E-state index >= 15 is 0 Å². The Labute approximate surface area is 123 Å². The molecule has 5 nitrogen and oxygen atoms in total. The van der Waals surface area contributed by atoms with E-state index in [0.29, 0.717) is 6.54 Å². The van der Waals surface area contributed by atoms with Crippen LogP contribution in [0, 0.1) is 5.92 Å². The molecule has 1 unspecified atom stereocenters. The maximum absolute atomic E-state index is 12.3. The van der Waals surface area contributed by atoms with Crippen molar-refractivity contribution in [2.45, 2.75) is 13.5 Å². The third-order valence-corrected chi connectivity index (χ3v) is 3.27. The van der Waals surface area contributed by atoms with E-state index < -0.39 is 0 Å². The molecule has 1 aromatic carbocycles. The molecule has 110 valence electrons. The highest BCUT2D eigenvalue weighted by Gasteiger charge is 2.13. The second kappa shape index (κ2) is 6.85. The first-order chi connectivity index (χ1) is 10.1. The third kappa shape index (κ3) is 3.79. The van der Waals surface area contributed by atoms with Gasteiger partial charge in [0.25, 0.3) is 5.56 Å². The first kappa shape index (κ1) is 15.0. The van der Waals surface area contributed by atoms with Crippen molar-refractivity contribution in [1.29, 1.82) is 0 Å². The topological polar surface area (TPSA) is 77.1 Å². The van der Waals surface area contributed by atoms with E-state index in [0.717, 1.165) is 5.56 Å². The SMILES string of the molecule is CC(CN)C(=O)Nc1cccn(Cc2ccccc2)c1=O. The fourth-order valence-electron chi connectivity index (χ4n) is 1.90. The number of rotatable bonds is 5. The Morgan fingerprint density at radius 2 is 1.95 bits per heavy atom. The quantitative estimate of drug-likeness (QED) is 0.872.